The first-order valence-corrected chi connectivity index (χ1v) is 7.02. The monoisotopic (exact) mass is 301 g/mol. The van der Waals surface area contributed by atoms with Gasteiger partial charge in [-0.25, -0.2) is 0 Å². The molecule has 0 fully saturated rings. The molecule has 1 aliphatic rings. The predicted octanol–water partition coefficient (Wildman–Crippen LogP) is 4.76. The van der Waals surface area contributed by atoms with Crippen molar-refractivity contribution in [1.82, 2.24) is 0 Å². The lowest BCUT2D eigenvalue weighted by molar-refractivity contribution is -0.137. The predicted molar refractivity (Wildman–Crippen MR) is 82.0 cm³/mol. The molecule has 3 rings (SSSR count). The van der Waals surface area contributed by atoms with Crippen molar-refractivity contribution in [2.75, 3.05) is 6.54 Å². The highest BCUT2D eigenvalue weighted by molar-refractivity contribution is 6.12. The van der Waals surface area contributed by atoms with Crippen LogP contribution in [0.3, 0.4) is 0 Å². The number of allylic oxidation sites excluding steroid dienone is 1. The highest BCUT2D eigenvalue weighted by Gasteiger charge is 2.29. The number of hydrogen-bond acceptors (Lipinski definition) is 1. The molecule has 0 unspecified atom stereocenters. The van der Waals surface area contributed by atoms with Gasteiger partial charge in [-0.3, -0.25) is 4.99 Å². The van der Waals surface area contributed by atoms with E-state index in [-0.39, 0.29) is 0 Å². The minimum Gasteiger partial charge on any atom is -0.284 e. The third kappa shape index (κ3) is 3.11. The van der Waals surface area contributed by atoms with Gasteiger partial charge in [0.2, 0.25) is 0 Å². The number of alkyl halides is 3. The van der Waals surface area contributed by atoms with Gasteiger partial charge in [-0.1, -0.05) is 42.5 Å². The second-order valence-electron chi connectivity index (χ2n) is 5.13. The average Bonchev–Trinajstić information content (AvgIpc) is 2.52. The molecule has 22 heavy (non-hydrogen) atoms. The van der Waals surface area contributed by atoms with Crippen molar-refractivity contribution in [1.29, 1.82) is 0 Å². The molecule has 2 aromatic rings. The molecule has 0 saturated heterocycles. The first kappa shape index (κ1) is 14.6. The molecule has 0 bridgehead atoms. The van der Waals surface area contributed by atoms with Gasteiger partial charge in [0, 0.05) is 12.1 Å². The van der Waals surface area contributed by atoms with Crippen molar-refractivity contribution >= 4 is 11.8 Å². The Kier molecular flexibility index (Phi) is 3.84. The molecule has 0 atom stereocenters. The Morgan fingerprint density at radius 1 is 0.909 bits per heavy atom. The van der Waals surface area contributed by atoms with E-state index in [1.807, 2.05) is 24.3 Å². The largest absolute Gasteiger partial charge is 0.416 e. The number of nitrogens with zero attached hydrogens (tertiary/aromatic N) is 1. The summed E-state index contributed by atoms with van der Waals surface area (Å²) in [7, 11) is 0. The molecule has 0 saturated carbocycles. The maximum absolute atomic E-state index is 12.5. The molecule has 2 aromatic carbocycles. The molecule has 1 aliphatic heterocycles. The van der Waals surface area contributed by atoms with Crippen molar-refractivity contribution < 1.29 is 13.2 Å². The van der Waals surface area contributed by atoms with Gasteiger partial charge in [0.1, 0.15) is 0 Å². The smallest absolute Gasteiger partial charge is 0.284 e. The van der Waals surface area contributed by atoms with Crippen LogP contribution in [0.15, 0.2) is 59.6 Å². The van der Waals surface area contributed by atoms with Crippen molar-refractivity contribution in [3.05, 3.63) is 76.9 Å². The molecule has 0 amide bonds. The molecular weight excluding hydrogens is 287 g/mol. The molecular formula is C18H14F3N. The number of benzene rings is 2. The average molecular weight is 301 g/mol. The molecule has 112 valence electrons. The minimum absolute atomic E-state index is 0.634. The lowest BCUT2D eigenvalue weighted by atomic mass is 9.97. The standard InChI is InChI=1S/C18H14F3N/c19-18(20,21)15-8-5-13(6-9-15)7-10-17-16-4-2-1-3-14(16)11-12-22-17/h1-10H,11-12H2. The Hall–Kier alpha value is -2.36. The third-order valence-electron chi connectivity index (χ3n) is 3.63. The normalized spacial score (nSPS) is 14.8. The van der Waals surface area contributed by atoms with Crippen LogP contribution in [-0.4, -0.2) is 12.3 Å². The second kappa shape index (κ2) is 5.79. The van der Waals surface area contributed by atoms with Crippen molar-refractivity contribution in [2.45, 2.75) is 12.6 Å². The van der Waals surface area contributed by atoms with Gasteiger partial charge in [-0.15, -0.1) is 0 Å². The molecule has 0 N–H and O–H groups in total. The van der Waals surface area contributed by atoms with Gasteiger partial charge in [-0.2, -0.15) is 13.2 Å². The summed E-state index contributed by atoms with van der Waals surface area (Å²) in [4.78, 5) is 4.49. The Morgan fingerprint density at radius 2 is 1.64 bits per heavy atom. The number of hydrogen-bond donors (Lipinski definition) is 0. The number of rotatable bonds is 2. The van der Waals surface area contributed by atoms with Gasteiger partial charge in [-0.05, 0) is 35.8 Å². The number of aliphatic imine (C=N–C) groups is 1. The summed E-state index contributed by atoms with van der Waals surface area (Å²) < 4.78 is 37.6. The van der Waals surface area contributed by atoms with E-state index in [0.29, 0.717) is 0 Å². The van der Waals surface area contributed by atoms with Crippen LogP contribution in [0.5, 0.6) is 0 Å². The fraction of sp³-hybridized carbons (Fsp3) is 0.167. The van der Waals surface area contributed by atoms with E-state index in [9.17, 15) is 13.2 Å². The zero-order valence-electron chi connectivity index (χ0n) is 11.8. The summed E-state index contributed by atoms with van der Waals surface area (Å²) in [6, 6.07) is 13.2. The van der Waals surface area contributed by atoms with Crippen LogP contribution >= 0.6 is 0 Å². The highest BCUT2D eigenvalue weighted by atomic mass is 19.4. The fourth-order valence-corrected chi connectivity index (χ4v) is 2.47. The Bertz CT molecular complexity index is 725. The quantitative estimate of drug-likeness (QED) is 0.758. The summed E-state index contributed by atoms with van der Waals surface area (Å²) in [5, 5.41) is 0. The van der Waals surface area contributed by atoms with E-state index >= 15 is 0 Å². The Morgan fingerprint density at radius 3 is 2.36 bits per heavy atom. The Balaban J connectivity index is 1.81. The summed E-state index contributed by atoms with van der Waals surface area (Å²) in [5.41, 5.74) is 3.31. The van der Waals surface area contributed by atoms with Crippen LogP contribution in [0.4, 0.5) is 13.2 Å². The van der Waals surface area contributed by atoms with Gasteiger partial charge in [0.05, 0.1) is 11.3 Å². The first-order chi connectivity index (χ1) is 10.5. The van der Waals surface area contributed by atoms with Crippen LogP contribution in [0.2, 0.25) is 0 Å². The van der Waals surface area contributed by atoms with Gasteiger partial charge in [0.15, 0.2) is 0 Å². The Labute approximate surface area is 126 Å². The van der Waals surface area contributed by atoms with Crippen molar-refractivity contribution in [3.8, 4) is 0 Å². The summed E-state index contributed by atoms with van der Waals surface area (Å²) in [6.07, 6.45) is 0.282. The van der Waals surface area contributed by atoms with Crippen LogP contribution in [0.1, 0.15) is 22.3 Å². The zero-order chi connectivity index (χ0) is 15.6. The van der Waals surface area contributed by atoms with Gasteiger partial charge < -0.3 is 0 Å². The maximum atomic E-state index is 12.5. The number of fused-ring (bicyclic) bond motifs is 1. The third-order valence-corrected chi connectivity index (χ3v) is 3.63. The maximum Gasteiger partial charge on any atom is 0.416 e. The SMILES string of the molecule is FC(F)(F)c1ccc(C=CC2=NCCc3ccccc32)cc1. The van der Waals surface area contributed by atoms with E-state index in [1.54, 1.807) is 6.08 Å². The molecule has 0 aromatic heterocycles. The molecule has 0 radical (unpaired) electrons. The van der Waals surface area contributed by atoms with E-state index in [1.165, 1.54) is 17.7 Å². The molecule has 0 aliphatic carbocycles. The summed E-state index contributed by atoms with van der Waals surface area (Å²) in [5.74, 6) is 0. The van der Waals surface area contributed by atoms with E-state index in [2.05, 4.69) is 11.1 Å². The van der Waals surface area contributed by atoms with Crippen LogP contribution in [-0.2, 0) is 12.6 Å². The highest BCUT2D eigenvalue weighted by Crippen LogP contribution is 2.29. The van der Waals surface area contributed by atoms with Crippen LogP contribution < -0.4 is 0 Å². The van der Waals surface area contributed by atoms with Crippen LogP contribution in [0.25, 0.3) is 6.08 Å². The molecule has 1 heterocycles. The van der Waals surface area contributed by atoms with E-state index in [0.717, 1.165) is 41.9 Å². The topological polar surface area (TPSA) is 12.4 Å². The number of halogens is 3. The van der Waals surface area contributed by atoms with Gasteiger partial charge in [0.25, 0.3) is 0 Å². The molecule has 1 nitrogen and oxygen atoms in total. The van der Waals surface area contributed by atoms with Crippen molar-refractivity contribution in [3.63, 3.8) is 0 Å². The second-order valence-corrected chi connectivity index (χ2v) is 5.13. The van der Waals surface area contributed by atoms with Crippen LogP contribution in [0, 0.1) is 0 Å². The van der Waals surface area contributed by atoms with E-state index in [4.69, 9.17) is 0 Å². The van der Waals surface area contributed by atoms with Crippen molar-refractivity contribution in [2.24, 2.45) is 4.99 Å². The first-order valence-electron chi connectivity index (χ1n) is 7.02. The lowest BCUT2D eigenvalue weighted by Gasteiger charge is -2.14. The van der Waals surface area contributed by atoms with E-state index < -0.39 is 11.7 Å². The molecule has 4 heteroatoms. The van der Waals surface area contributed by atoms with Gasteiger partial charge >= 0.3 is 6.18 Å². The minimum atomic E-state index is -4.30. The zero-order valence-corrected chi connectivity index (χ0v) is 11.8. The summed E-state index contributed by atoms with van der Waals surface area (Å²) >= 11 is 0. The fourth-order valence-electron chi connectivity index (χ4n) is 2.47. The lowest BCUT2D eigenvalue weighted by Crippen LogP contribution is -2.10. The molecule has 0 spiro atoms. The summed E-state index contributed by atoms with van der Waals surface area (Å²) in [6.45, 7) is 0.740.